The third kappa shape index (κ3) is 6.51. The number of aryl methyl sites for hydroxylation is 1. The first kappa shape index (κ1) is 18.9. The standard InChI is InChI=1S/C19H27N3O3/c1-15-12-16(7-8-18(15)23-3)13-22-19(20-2)21-9-5-10-24-14-17-6-4-11-25-17/h4,6-8,11-12H,5,9-10,13-14H2,1-3H3,(H2,20,21,22). The molecule has 0 bridgehead atoms. The zero-order valence-corrected chi connectivity index (χ0v) is 15.2. The van der Waals surface area contributed by atoms with Crippen molar-refractivity contribution in [1.29, 1.82) is 0 Å². The van der Waals surface area contributed by atoms with Gasteiger partial charge in [-0.3, -0.25) is 4.99 Å². The fourth-order valence-corrected chi connectivity index (χ4v) is 2.41. The molecule has 25 heavy (non-hydrogen) atoms. The van der Waals surface area contributed by atoms with E-state index >= 15 is 0 Å². The maximum Gasteiger partial charge on any atom is 0.191 e. The molecule has 0 saturated carbocycles. The Kier molecular flexibility index (Phi) is 7.85. The molecule has 0 radical (unpaired) electrons. The number of guanidine groups is 1. The highest BCUT2D eigenvalue weighted by Gasteiger charge is 2.02. The van der Waals surface area contributed by atoms with E-state index < -0.39 is 0 Å². The number of hydrogen-bond acceptors (Lipinski definition) is 4. The van der Waals surface area contributed by atoms with Crippen molar-refractivity contribution in [1.82, 2.24) is 10.6 Å². The van der Waals surface area contributed by atoms with E-state index in [2.05, 4.69) is 27.8 Å². The summed E-state index contributed by atoms with van der Waals surface area (Å²) >= 11 is 0. The minimum absolute atomic E-state index is 0.511. The Morgan fingerprint density at radius 1 is 1.24 bits per heavy atom. The van der Waals surface area contributed by atoms with Crippen LogP contribution in [0.2, 0.25) is 0 Å². The summed E-state index contributed by atoms with van der Waals surface area (Å²) in [4.78, 5) is 4.23. The Bertz CT molecular complexity index is 654. The van der Waals surface area contributed by atoms with Gasteiger partial charge in [-0.15, -0.1) is 0 Å². The topological polar surface area (TPSA) is 68.0 Å². The van der Waals surface area contributed by atoms with Crippen LogP contribution in [-0.2, 0) is 17.9 Å². The van der Waals surface area contributed by atoms with E-state index in [1.54, 1.807) is 20.4 Å². The van der Waals surface area contributed by atoms with Gasteiger partial charge in [-0.25, -0.2) is 0 Å². The summed E-state index contributed by atoms with van der Waals surface area (Å²) in [6.07, 6.45) is 2.54. The lowest BCUT2D eigenvalue weighted by Gasteiger charge is -2.13. The van der Waals surface area contributed by atoms with Crippen LogP contribution < -0.4 is 15.4 Å². The van der Waals surface area contributed by atoms with E-state index in [9.17, 15) is 0 Å². The second kappa shape index (κ2) is 10.4. The number of rotatable bonds is 9. The van der Waals surface area contributed by atoms with E-state index in [1.165, 1.54) is 5.56 Å². The first-order chi connectivity index (χ1) is 12.2. The average molecular weight is 345 g/mol. The minimum Gasteiger partial charge on any atom is -0.496 e. The van der Waals surface area contributed by atoms with Crippen LogP contribution in [0.5, 0.6) is 5.75 Å². The van der Waals surface area contributed by atoms with Gasteiger partial charge in [0.2, 0.25) is 0 Å². The molecule has 0 atom stereocenters. The SMILES string of the molecule is CN=C(NCCCOCc1ccco1)NCc1ccc(OC)c(C)c1. The number of hydrogen-bond donors (Lipinski definition) is 2. The van der Waals surface area contributed by atoms with Crippen LogP contribution in [-0.4, -0.2) is 33.3 Å². The van der Waals surface area contributed by atoms with Crippen molar-refractivity contribution in [2.24, 2.45) is 4.99 Å². The third-order valence-electron chi connectivity index (χ3n) is 3.73. The number of benzene rings is 1. The molecule has 2 rings (SSSR count). The fourth-order valence-electron chi connectivity index (χ4n) is 2.41. The Labute approximate surface area is 149 Å². The molecule has 0 saturated heterocycles. The van der Waals surface area contributed by atoms with Crippen LogP contribution in [0.15, 0.2) is 46.0 Å². The Morgan fingerprint density at radius 2 is 2.12 bits per heavy atom. The summed E-state index contributed by atoms with van der Waals surface area (Å²) in [6, 6.07) is 9.92. The van der Waals surface area contributed by atoms with Gasteiger partial charge in [0, 0.05) is 26.7 Å². The molecule has 0 aliphatic carbocycles. The molecule has 0 fully saturated rings. The lowest BCUT2D eigenvalue weighted by atomic mass is 10.1. The first-order valence-electron chi connectivity index (χ1n) is 8.41. The van der Waals surface area contributed by atoms with Crippen molar-refractivity contribution in [2.75, 3.05) is 27.3 Å². The van der Waals surface area contributed by atoms with Crippen LogP contribution in [0.25, 0.3) is 0 Å². The average Bonchev–Trinajstić information content (AvgIpc) is 3.14. The van der Waals surface area contributed by atoms with Gasteiger partial charge in [0.05, 0.1) is 13.4 Å². The summed E-state index contributed by atoms with van der Waals surface area (Å²) in [5.74, 6) is 2.53. The molecular weight excluding hydrogens is 318 g/mol. The van der Waals surface area contributed by atoms with Crippen LogP contribution in [0, 0.1) is 6.92 Å². The molecule has 0 aliphatic heterocycles. The van der Waals surface area contributed by atoms with Crippen LogP contribution >= 0.6 is 0 Å². The summed E-state index contributed by atoms with van der Waals surface area (Å²) in [6.45, 7) is 4.72. The molecule has 0 unspecified atom stereocenters. The van der Waals surface area contributed by atoms with Gasteiger partial charge >= 0.3 is 0 Å². The summed E-state index contributed by atoms with van der Waals surface area (Å²) in [5.41, 5.74) is 2.31. The quantitative estimate of drug-likeness (QED) is 0.415. The van der Waals surface area contributed by atoms with Crippen molar-refractivity contribution in [3.8, 4) is 5.75 Å². The summed E-state index contributed by atoms with van der Waals surface area (Å²) in [5, 5.41) is 6.59. The summed E-state index contributed by atoms with van der Waals surface area (Å²) in [7, 11) is 3.45. The van der Waals surface area contributed by atoms with Gasteiger partial charge in [-0.05, 0) is 42.7 Å². The van der Waals surface area contributed by atoms with Gasteiger partial charge in [0.25, 0.3) is 0 Å². The van der Waals surface area contributed by atoms with Crippen LogP contribution in [0.3, 0.4) is 0 Å². The maximum absolute atomic E-state index is 5.55. The number of nitrogens with one attached hydrogen (secondary N) is 2. The Morgan fingerprint density at radius 3 is 2.80 bits per heavy atom. The number of aliphatic imine (C=N–C) groups is 1. The highest BCUT2D eigenvalue weighted by atomic mass is 16.5. The molecule has 136 valence electrons. The Balaban J connectivity index is 1.62. The lowest BCUT2D eigenvalue weighted by Crippen LogP contribution is -2.37. The lowest BCUT2D eigenvalue weighted by molar-refractivity contribution is 0.105. The Hall–Kier alpha value is -2.47. The first-order valence-corrected chi connectivity index (χ1v) is 8.41. The predicted octanol–water partition coefficient (Wildman–Crippen LogP) is 2.87. The molecule has 1 heterocycles. The molecular formula is C19H27N3O3. The van der Waals surface area contributed by atoms with Crippen molar-refractivity contribution >= 4 is 5.96 Å². The molecule has 0 aliphatic rings. The van der Waals surface area contributed by atoms with E-state index in [0.717, 1.165) is 36.0 Å². The van der Waals surface area contributed by atoms with Gasteiger partial charge < -0.3 is 24.5 Å². The van der Waals surface area contributed by atoms with Crippen molar-refractivity contribution in [3.05, 3.63) is 53.5 Å². The molecule has 1 aromatic heterocycles. The second-order valence-electron chi connectivity index (χ2n) is 5.64. The van der Waals surface area contributed by atoms with Gasteiger partial charge in [0.15, 0.2) is 5.96 Å². The maximum atomic E-state index is 5.55. The fraction of sp³-hybridized carbons (Fsp3) is 0.421. The molecule has 2 N–H and O–H groups in total. The normalized spacial score (nSPS) is 11.4. The predicted molar refractivity (Wildman–Crippen MR) is 98.9 cm³/mol. The second-order valence-corrected chi connectivity index (χ2v) is 5.64. The number of furan rings is 1. The van der Waals surface area contributed by atoms with Crippen LogP contribution in [0.4, 0.5) is 0 Å². The third-order valence-corrected chi connectivity index (χ3v) is 3.73. The minimum atomic E-state index is 0.511. The van der Waals surface area contributed by atoms with Crippen molar-refractivity contribution in [2.45, 2.75) is 26.5 Å². The molecule has 2 aromatic rings. The van der Waals surface area contributed by atoms with Gasteiger partial charge in [-0.1, -0.05) is 12.1 Å². The number of ether oxygens (including phenoxy) is 2. The van der Waals surface area contributed by atoms with Crippen molar-refractivity contribution in [3.63, 3.8) is 0 Å². The molecule has 6 heteroatoms. The monoisotopic (exact) mass is 345 g/mol. The zero-order chi connectivity index (χ0) is 17.9. The number of methoxy groups -OCH3 is 1. The molecule has 0 amide bonds. The van der Waals surface area contributed by atoms with Crippen molar-refractivity contribution < 1.29 is 13.9 Å². The zero-order valence-electron chi connectivity index (χ0n) is 15.2. The highest BCUT2D eigenvalue weighted by molar-refractivity contribution is 5.79. The largest absolute Gasteiger partial charge is 0.496 e. The van der Waals surface area contributed by atoms with E-state index in [1.807, 2.05) is 25.1 Å². The van der Waals surface area contributed by atoms with E-state index in [4.69, 9.17) is 13.9 Å². The van der Waals surface area contributed by atoms with Gasteiger partial charge in [-0.2, -0.15) is 0 Å². The van der Waals surface area contributed by atoms with Crippen LogP contribution in [0.1, 0.15) is 23.3 Å². The van der Waals surface area contributed by atoms with E-state index in [-0.39, 0.29) is 0 Å². The molecule has 1 aromatic carbocycles. The van der Waals surface area contributed by atoms with Gasteiger partial charge in [0.1, 0.15) is 18.1 Å². The summed E-state index contributed by atoms with van der Waals surface area (Å²) < 4.78 is 16.0. The van der Waals surface area contributed by atoms with E-state index in [0.29, 0.717) is 19.8 Å². The smallest absolute Gasteiger partial charge is 0.191 e. The number of nitrogens with zero attached hydrogens (tertiary/aromatic N) is 1. The highest BCUT2D eigenvalue weighted by Crippen LogP contribution is 2.18. The molecule has 0 spiro atoms. The molecule has 6 nitrogen and oxygen atoms in total.